The van der Waals surface area contributed by atoms with Crippen LogP contribution in [0.3, 0.4) is 0 Å². The number of carbonyl (C=O) groups is 1. The van der Waals surface area contributed by atoms with Crippen molar-refractivity contribution in [1.82, 2.24) is 20.0 Å². The first-order valence-corrected chi connectivity index (χ1v) is 7.70. The fourth-order valence-corrected chi connectivity index (χ4v) is 2.57. The lowest BCUT2D eigenvalue weighted by atomic mass is 10.2. The van der Waals surface area contributed by atoms with Gasteiger partial charge in [0.2, 0.25) is 5.13 Å². The van der Waals surface area contributed by atoms with Crippen LogP contribution in [0.2, 0.25) is 0 Å². The minimum atomic E-state index is -0.243. The maximum atomic E-state index is 12.2. The van der Waals surface area contributed by atoms with E-state index in [0.717, 1.165) is 15.9 Å². The van der Waals surface area contributed by atoms with Gasteiger partial charge in [0.25, 0.3) is 5.91 Å². The van der Waals surface area contributed by atoms with Crippen LogP contribution in [0, 0.1) is 6.92 Å². The average Bonchev–Trinajstić information content (AvgIpc) is 3.09. The predicted octanol–water partition coefficient (Wildman–Crippen LogP) is 3.05. The summed E-state index contributed by atoms with van der Waals surface area (Å²) in [5, 5.41) is 14.9. The summed E-state index contributed by atoms with van der Waals surface area (Å²) in [4.78, 5) is 12.2. The van der Waals surface area contributed by atoms with Gasteiger partial charge in [-0.25, -0.2) is 4.68 Å². The second-order valence-electron chi connectivity index (χ2n) is 4.23. The molecule has 1 aromatic carbocycles. The monoisotopic (exact) mass is 363 g/mol. The van der Waals surface area contributed by atoms with Crippen LogP contribution in [0.1, 0.15) is 16.1 Å². The average molecular weight is 364 g/mol. The van der Waals surface area contributed by atoms with E-state index in [-0.39, 0.29) is 5.91 Å². The summed E-state index contributed by atoms with van der Waals surface area (Å²) in [6, 6.07) is 7.71. The fraction of sp³-hybridized carbons (Fsp3) is 0.0769. The van der Waals surface area contributed by atoms with E-state index in [9.17, 15) is 4.79 Å². The molecule has 0 aliphatic carbocycles. The molecule has 3 aromatic rings. The zero-order valence-corrected chi connectivity index (χ0v) is 13.3. The van der Waals surface area contributed by atoms with E-state index in [0.29, 0.717) is 10.7 Å². The standard InChI is InChI=1S/C13H10BrN5OS/c1-8-11(12(20)17-13-18-15-7-21-13)6-16-19(8)10-4-2-9(14)3-5-10/h2-7H,1H3,(H,17,18,20). The van der Waals surface area contributed by atoms with Crippen LogP contribution < -0.4 is 5.32 Å². The summed E-state index contributed by atoms with van der Waals surface area (Å²) in [7, 11) is 0. The number of rotatable bonds is 3. The van der Waals surface area contributed by atoms with Crippen LogP contribution in [-0.4, -0.2) is 25.9 Å². The molecule has 0 unspecified atom stereocenters. The van der Waals surface area contributed by atoms with Crippen LogP contribution in [0.15, 0.2) is 40.4 Å². The van der Waals surface area contributed by atoms with Crippen molar-refractivity contribution in [1.29, 1.82) is 0 Å². The van der Waals surface area contributed by atoms with Gasteiger partial charge in [0.05, 0.1) is 23.1 Å². The Hall–Kier alpha value is -2.06. The molecule has 0 spiro atoms. The second-order valence-corrected chi connectivity index (χ2v) is 5.98. The van der Waals surface area contributed by atoms with Gasteiger partial charge in [-0.05, 0) is 31.2 Å². The lowest BCUT2D eigenvalue weighted by Crippen LogP contribution is -2.13. The van der Waals surface area contributed by atoms with Gasteiger partial charge in [0.15, 0.2) is 0 Å². The highest BCUT2D eigenvalue weighted by Gasteiger charge is 2.16. The Kier molecular flexibility index (Phi) is 3.80. The van der Waals surface area contributed by atoms with E-state index in [1.165, 1.54) is 11.3 Å². The van der Waals surface area contributed by atoms with Crippen molar-refractivity contribution < 1.29 is 4.79 Å². The summed E-state index contributed by atoms with van der Waals surface area (Å²) in [5.74, 6) is -0.243. The van der Waals surface area contributed by atoms with Crippen molar-refractivity contribution in [2.24, 2.45) is 0 Å². The van der Waals surface area contributed by atoms with Crippen molar-refractivity contribution in [3.63, 3.8) is 0 Å². The Bertz CT molecular complexity index is 766. The first kappa shape index (κ1) is 13.9. The Morgan fingerprint density at radius 2 is 2.10 bits per heavy atom. The largest absolute Gasteiger partial charge is 0.296 e. The third-order valence-corrected chi connectivity index (χ3v) is 4.04. The van der Waals surface area contributed by atoms with Crippen molar-refractivity contribution in [2.45, 2.75) is 6.92 Å². The molecule has 1 amide bonds. The molecule has 2 heterocycles. The van der Waals surface area contributed by atoms with Crippen molar-refractivity contribution >= 4 is 38.3 Å². The van der Waals surface area contributed by atoms with Crippen LogP contribution in [0.5, 0.6) is 0 Å². The minimum Gasteiger partial charge on any atom is -0.296 e. The molecule has 2 aromatic heterocycles. The third kappa shape index (κ3) is 2.86. The maximum absolute atomic E-state index is 12.2. The van der Waals surface area contributed by atoms with Gasteiger partial charge in [0, 0.05) is 4.47 Å². The van der Waals surface area contributed by atoms with E-state index in [4.69, 9.17) is 0 Å². The number of hydrogen-bond donors (Lipinski definition) is 1. The van der Waals surface area contributed by atoms with E-state index in [1.54, 1.807) is 16.4 Å². The van der Waals surface area contributed by atoms with Crippen molar-refractivity contribution in [3.8, 4) is 5.69 Å². The van der Waals surface area contributed by atoms with E-state index in [2.05, 4.69) is 36.5 Å². The number of anilines is 1. The molecule has 3 rings (SSSR count). The van der Waals surface area contributed by atoms with Crippen molar-refractivity contribution in [2.75, 3.05) is 5.32 Å². The molecule has 0 aliphatic rings. The summed E-state index contributed by atoms with van der Waals surface area (Å²) < 4.78 is 2.71. The molecule has 8 heteroatoms. The van der Waals surface area contributed by atoms with E-state index >= 15 is 0 Å². The number of halogens is 1. The van der Waals surface area contributed by atoms with Gasteiger partial charge in [-0.15, -0.1) is 10.2 Å². The Morgan fingerprint density at radius 1 is 1.33 bits per heavy atom. The van der Waals surface area contributed by atoms with Gasteiger partial charge >= 0.3 is 0 Å². The summed E-state index contributed by atoms with van der Waals surface area (Å²) >= 11 is 4.66. The van der Waals surface area contributed by atoms with Gasteiger partial charge in [-0.2, -0.15) is 5.10 Å². The molecule has 0 radical (unpaired) electrons. The normalized spacial score (nSPS) is 10.6. The van der Waals surface area contributed by atoms with Crippen LogP contribution in [-0.2, 0) is 0 Å². The van der Waals surface area contributed by atoms with E-state index < -0.39 is 0 Å². The van der Waals surface area contributed by atoms with Gasteiger partial charge in [-0.3, -0.25) is 10.1 Å². The van der Waals surface area contributed by atoms with Crippen molar-refractivity contribution in [3.05, 3.63) is 51.7 Å². The number of benzene rings is 1. The first-order chi connectivity index (χ1) is 10.1. The van der Waals surface area contributed by atoms with Gasteiger partial charge < -0.3 is 0 Å². The molecule has 0 fully saturated rings. The first-order valence-electron chi connectivity index (χ1n) is 6.03. The lowest BCUT2D eigenvalue weighted by molar-refractivity contribution is 0.102. The lowest BCUT2D eigenvalue weighted by Gasteiger charge is -2.05. The molecular weight excluding hydrogens is 354 g/mol. The molecule has 0 bridgehead atoms. The molecule has 0 saturated heterocycles. The third-order valence-electron chi connectivity index (χ3n) is 2.91. The smallest absolute Gasteiger partial charge is 0.260 e. The summed E-state index contributed by atoms with van der Waals surface area (Å²) in [6.07, 6.45) is 1.55. The second kappa shape index (κ2) is 5.74. The summed E-state index contributed by atoms with van der Waals surface area (Å²) in [6.45, 7) is 1.85. The highest BCUT2D eigenvalue weighted by Crippen LogP contribution is 2.18. The highest BCUT2D eigenvalue weighted by molar-refractivity contribution is 9.10. The molecule has 1 N–H and O–H groups in total. The predicted molar refractivity (Wildman–Crippen MR) is 83.9 cm³/mol. The fourth-order valence-electron chi connectivity index (χ4n) is 1.87. The molecule has 21 heavy (non-hydrogen) atoms. The number of hydrogen-bond acceptors (Lipinski definition) is 5. The summed E-state index contributed by atoms with van der Waals surface area (Å²) in [5.41, 5.74) is 3.73. The highest BCUT2D eigenvalue weighted by atomic mass is 79.9. The zero-order chi connectivity index (χ0) is 14.8. The number of nitrogens with zero attached hydrogens (tertiary/aromatic N) is 4. The maximum Gasteiger partial charge on any atom is 0.260 e. The molecule has 0 saturated carbocycles. The molecular formula is C13H10BrN5OS. The Balaban J connectivity index is 1.88. The Labute approximate surface area is 133 Å². The SMILES string of the molecule is Cc1c(C(=O)Nc2nncs2)cnn1-c1ccc(Br)cc1. The quantitative estimate of drug-likeness (QED) is 0.775. The molecule has 0 aliphatic heterocycles. The van der Waals surface area contributed by atoms with Gasteiger partial charge in [-0.1, -0.05) is 27.3 Å². The molecule has 0 atom stereocenters. The number of nitrogens with one attached hydrogen (secondary N) is 1. The topological polar surface area (TPSA) is 72.7 Å². The number of carbonyl (C=O) groups excluding carboxylic acids is 1. The minimum absolute atomic E-state index is 0.243. The van der Waals surface area contributed by atoms with Gasteiger partial charge in [0.1, 0.15) is 5.51 Å². The number of aromatic nitrogens is 4. The zero-order valence-electron chi connectivity index (χ0n) is 10.9. The van der Waals surface area contributed by atoms with E-state index in [1.807, 2.05) is 31.2 Å². The van der Waals surface area contributed by atoms with Crippen LogP contribution >= 0.6 is 27.3 Å². The Morgan fingerprint density at radius 3 is 2.76 bits per heavy atom. The molecule has 106 valence electrons. The van der Waals surface area contributed by atoms with Crippen LogP contribution in [0.25, 0.3) is 5.69 Å². The molecule has 6 nitrogen and oxygen atoms in total. The number of amides is 1. The van der Waals surface area contributed by atoms with Crippen LogP contribution in [0.4, 0.5) is 5.13 Å².